The Balaban J connectivity index is 1.82. The van der Waals surface area contributed by atoms with E-state index in [1.54, 1.807) is 0 Å². The Morgan fingerprint density at radius 1 is 1.42 bits per heavy atom. The van der Waals surface area contributed by atoms with Crippen LogP contribution in [0.4, 0.5) is 5.69 Å². The van der Waals surface area contributed by atoms with Gasteiger partial charge in [-0.25, -0.2) is 4.79 Å². The lowest BCUT2D eigenvalue weighted by molar-refractivity contribution is -0.142. The molecule has 1 heterocycles. The fourth-order valence-corrected chi connectivity index (χ4v) is 3.15. The number of benzene rings is 1. The van der Waals surface area contributed by atoms with Crippen molar-refractivity contribution in [3.05, 3.63) is 24.3 Å². The van der Waals surface area contributed by atoms with E-state index in [0.717, 1.165) is 16.7 Å². The number of hydrogen-bond donors (Lipinski definition) is 1. The standard InChI is InChI=1S/C14H19NO3S/c1-10-7-12(9-19-10)15-11-3-5-13(6-4-11)18-8-14(16)17-2/h3-6,10,12,15H,7-9H2,1-2H3. The molecule has 5 heteroatoms. The number of hydrogen-bond acceptors (Lipinski definition) is 5. The summed E-state index contributed by atoms with van der Waals surface area (Å²) in [6, 6.07) is 8.20. The van der Waals surface area contributed by atoms with Gasteiger partial charge in [0.1, 0.15) is 5.75 Å². The van der Waals surface area contributed by atoms with Gasteiger partial charge in [0.2, 0.25) is 0 Å². The molecule has 1 N–H and O–H groups in total. The fraction of sp³-hybridized carbons (Fsp3) is 0.500. The lowest BCUT2D eigenvalue weighted by atomic mass is 10.2. The minimum Gasteiger partial charge on any atom is -0.482 e. The summed E-state index contributed by atoms with van der Waals surface area (Å²) in [6.45, 7) is 2.20. The number of anilines is 1. The molecule has 1 fully saturated rings. The number of ether oxygens (including phenoxy) is 2. The van der Waals surface area contributed by atoms with Gasteiger partial charge in [0, 0.05) is 22.7 Å². The van der Waals surface area contributed by atoms with Crippen molar-refractivity contribution >= 4 is 23.4 Å². The van der Waals surface area contributed by atoms with Crippen molar-refractivity contribution in [3.63, 3.8) is 0 Å². The molecule has 1 aliphatic heterocycles. The summed E-state index contributed by atoms with van der Waals surface area (Å²) in [7, 11) is 1.35. The number of carbonyl (C=O) groups is 1. The number of nitrogens with one attached hydrogen (secondary N) is 1. The van der Waals surface area contributed by atoms with Crippen molar-refractivity contribution in [2.75, 3.05) is 24.8 Å². The smallest absolute Gasteiger partial charge is 0.343 e. The summed E-state index contributed by atoms with van der Waals surface area (Å²) in [6.07, 6.45) is 1.20. The van der Waals surface area contributed by atoms with E-state index in [4.69, 9.17) is 4.74 Å². The predicted molar refractivity (Wildman–Crippen MR) is 77.9 cm³/mol. The topological polar surface area (TPSA) is 47.6 Å². The van der Waals surface area contributed by atoms with Crippen molar-refractivity contribution in [1.82, 2.24) is 0 Å². The lowest BCUT2D eigenvalue weighted by Gasteiger charge is -2.13. The minimum atomic E-state index is -0.376. The highest BCUT2D eigenvalue weighted by atomic mass is 32.2. The maximum Gasteiger partial charge on any atom is 0.343 e. The zero-order valence-corrected chi connectivity index (χ0v) is 12.0. The molecule has 0 saturated carbocycles. The van der Waals surface area contributed by atoms with Gasteiger partial charge in [-0.15, -0.1) is 0 Å². The SMILES string of the molecule is COC(=O)COc1ccc(NC2CSC(C)C2)cc1. The van der Waals surface area contributed by atoms with Crippen molar-refractivity contribution in [1.29, 1.82) is 0 Å². The van der Waals surface area contributed by atoms with Crippen molar-refractivity contribution in [3.8, 4) is 5.75 Å². The van der Waals surface area contributed by atoms with Crippen LogP contribution in [0.25, 0.3) is 0 Å². The molecule has 1 aromatic carbocycles. The molecular formula is C14H19NO3S. The largest absolute Gasteiger partial charge is 0.482 e. The first-order chi connectivity index (χ1) is 9.17. The number of thioether (sulfide) groups is 1. The summed E-state index contributed by atoms with van der Waals surface area (Å²) in [4.78, 5) is 11.0. The molecule has 0 radical (unpaired) electrons. The van der Waals surface area contributed by atoms with Crippen LogP contribution in [-0.2, 0) is 9.53 Å². The number of methoxy groups -OCH3 is 1. The molecule has 1 saturated heterocycles. The second kappa shape index (κ2) is 6.70. The average Bonchev–Trinajstić information content (AvgIpc) is 2.83. The van der Waals surface area contributed by atoms with Crippen LogP contribution in [0, 0.1) is 0 Å². The third kappa shape index (κ3) is 4.35. The first-order valence-corrected chi connectivity index (χ1v) is 7.40. The van der Waals surface area contributed by atoms with Gasteiger partial charge in [0.05, 0.1) is 7.11 Å². The second-order valence-corrected chi connectivity index (χ2v) is 6.08. The van der Waals surface area contributed by atoms with Crippen LogP contribution in [0.15, 0.2) is 24.3 Å². The number of esters is 1. The highest BCUT2D eigenvalue weighted by Gasteiger charge is 2.21. The van der Waals surface area contributed by atoms with Gasteiger partial charge in [-0.1, -0.05) is 6.92 Å². The van der Waals surface area contributed by atoms with E-state index >= 15 is 0 Å². The summed E-state index contributed by atoms with van der Waals surface area (Å²) < 4.78 is 9.81. The van der Waals surface area contributed by atoms with Crippen LogP contribution in [-0.4, -0.2) is 36.7 Å². The highest BCUT2D eigenvalue weighted by molar-refractivity contribution is 8.00. The first-order valence-electron chi connectivity index (χ1n) is 6.35. The Kier molecular flexibility index (Phi) is 4.96. The highest BCUT2D eigenvalue weighted by Crippen LogP contribution is 2.28. The normalized spacial score (nSPS) is 22.0. The molecule has 2 atom stereocenters. The predicted octanol–water partition coefficient (Wildman–Crippen LogP) is 2.54. The van der Waals surface area contributed by atoms with Crippen LogP contribution in [0.5, 0.6) is 5.75 Å². The van der Waals surface area contributed by atoms with E-state index < -0.39 is 0 Å². The van der Waals surface area contributed by atoms with E-state index in [1.165, 1.54) is 13.5 Å². The maximum atomic E-state index is 11.0. The lowest BCUT2D eigenvalue weighted by Crippen LogP contribution is -2.18. The third-order valence-corrected chi connectivity index (χ3v) is 4.36. The van der Waals surface area contributed by atoms with E-state index in [-0.39, 0.29) is 12.6 Å². The molecule has 0 aliphatic carbocycles. The Morgan fingerprint density at radius 2 is 2.16 bits per heavy atom. The summed E-state index contributed by atoms with van der Waals surface area (Å²) >= 11 is 2.00. The van der Waals surface area contributed by atoms with E-state index in [1.807, 2.05) is 36.0 Å². The van der Waals surface area contributed by atoms with Crippen molar-refractivity contribution in [2.45, 2.75) is 24.6 Å². The van der Waals surface area contributed by atoms with Gasteiger partial charge in [-0.05, 0) is 30.7 Å². The fourth-order valence-electron chi connectivity index (χ4n) is 2.00. The Morgan fingerprint density at radius 3 is 2.74 bits per heavy atom. The molecule has 1 aromatic rings. The number of rotatable bonds is 5. The minimum absolute atomic E-state index is 0.0555. The molecule has 4 nitrogen and oxygen atoms in total. The molecule has 0 spiro atoms. The zero-order chi connectivity index (χ0) is 13.7. The average molecular weight is 281 g/mol. The van der Waals surface area contributed by atoms with Gasteiger partial charge < -0.3 is 14.8 Å². The van der Waals surface area contributed by atoms with Gasteiger partial charge in [-0.2, -0.15) is 11.8 Å². The summed E-state index contributed by atoms with van der Waals surface area (Å²) in [5.41, 5.74) is 1.09. The van der Waals surface area contributed by atoms with E-state index in [2.05, 4.69) is 17.0 Å². The van der Waals surface area contributed by atoms with Crippen LogP contribution in [0.2, 0.25) is 0 Å². The van der Waals surface area contributed by atoms with Gasteiger partial charge in [0.15, 0.2) is 6.61 Å². The van der Waals surface area contributed by atoms with Crippen LogP contribution < -0.4 is 10.1 Å². The van der Waals surface area contributed by atoms with E-state index in [0.29, 0.717) is 11.8 Å². The maximum absolute atomic E-state index is 11.0. The van der Waals surface area contributed by atoms with Gasteiger partial charge in [-0.3, -0.25) is 0 Å². The molecule has 104 valence electrons. The second-order valence-electron chi connectivity index (χ2n) is 4.61. The van der Waals surface area contributed by atoms with Gasteiger partial charge >= 0.3 is 5.97 Å². The zero-order valence-electron chi connectivity index (χ0n) is 11.2. The third-order valence-electron chi connectivity index (χ3n) is 3.01. The molecular weight excluding hydrogens is 262 g/mol. The monoisotopic (exact) mass is 281 g/mol. The molecule has 19 heavy (non-hydrogen) atoms. The summed E-state index contributed by atoms with van der Waals surface area (Å²) in [5, 5.41) is 4.24. The Bertz CT molecular complexity index is 421. The van der Waals surface area contributed by atoms with Gasteiger partial charge in [0.25, 0.3) is 0 Å². The first kappa shape index (κ1) is 14.1. The van der Waals surface area contributed by atoms with E-state index in [9.17, 15) is 4.79 Å². The van der Waals surface area contributed by atoms with Crippen molar-refractivity contribution < 1.29 is 14.3 Å². The van der Waals surface area contributed by atoms with Crippen LogP contribution >= 0.6 is 11.8 Å². The molecule has 0 amide bonds. The molecule has 0 aromatic heterocycles. The molecule has 2 rings (SSSR count). The molecule has 1 aliphatic rings. The van der Waals surface area contributed by atoms with Crippen LogP contribution in [0.3, 0.4) is 0 Å². The quantitative estimate of drug-likeness (QED) is 0.840. The molecule has 2 unspecified atom stereocenters. The van der Waals surface area contributed by atoms with Crippen LogP contribution in [0.1, 0.15) is 13.3 Å². The summed E-state index contributed by atoms with van der Waals surface area (Å²) in [5.74, 6) is 1.45. The Hall–Kier alpha value is -1.36. The van der Waals surface area contributed by atoms with Crippen molar-refractivity contribution in [2.24, 2.45) is 0 Å². The molecule has 0 bridgehead atoms. The number of carbonyl (C=O) groups excluding carboxylic acids is 1. The Labute approximate surface area is 117 Å².